The Morgan fingerprint density at radius 1 is 1.00 bits per heavy atom. The molecule has 0 saturated heterocycles. The zero-order chi connectivity index (χ0) is 11.9. The highest BCUT2D eigenvalue weighted by Crippen LogP contribution is 2.10. The molecule has 2 nitrogen and oxygen atoms in total. The summed E-state index contributed by atoms with van der Waals surface area (Å²) in [5.74, 6) is 0. The van der Waals surface area contributed by atoms with Gasteiger partial charge in [0, 0.05) is 29.7 Å². The molecule has 0 unspecified atom stereocenters. The molecule has 1 heterocycles. The van der Waals surface area contributed by atoms with Crippen molar-refractivity contribution in [3.05, 3.63) is 78.3 Å². The van der Waals surface area contributed by atoms with Crippen molar-refractivity contribution in [1.29, 1.82) is 0 Å². The van der Waals surface area contributed by atoms with E-state index >= 15 is 0 Å². The molecule has 0 amide bonds. The van der Waals surface area contributed by atoms with Crippen molar-refractivity contribution < 1.29 is 0 Å². The molecule has 0 spiro atoms. The summed E-state index contributed by atoms with van der Waals surface area (Å²) < 4.78 is 0. The molecule has 84 valence electrons. The number of aromatic nitrogens is 1. The van der Waals surface area contributed by atoms with E-state index in [1.807, 2.05) is 49.5 Å². The molecular weight excluding hydrogens is 208 g/mol. The number of aliphatic imine (C=N–C) groups is 1. The summed E-state index contributed by atoms with van der Waals surface area (Å²) in [4.78, 5) is 8.52. The SMILES string of the molecule is CC=CN=C(c1ccccc1)c1ccncc1. The van der Waals surface area contributed by atoms with Gasteiger partial charge in [0.1, 0.15) is 0 Å². The summed E-state index contributed by atoms with van der Waals surface area (Å²) in [5.41, 5.74) is 3.15. The number of benzene rings is 1. The van der Waals surface area contributed by atoms with E-state index in [1.165, 1.54) is 0 Å². The van der Waals surface area contributed by atoms with E-state index in [4.69, 9.17) is 0 Å². The molecular formula is C15H14N2. The molecule has 2 rings (SSSR count). The third-order valence-electron chi connectivity index (χ3n) is 2.35. The van der Waals surface area contributed by atoms with Crippen molar-refractivity contribution in [2.24, 2.45) is 4.99 Å². The van der Waals surface area contributed by atoms with Crippen LogP contribution in [0.5, 0.6) is 0 Å². The molecule has 0 aliphatic carbocycles. The summed E-state index contributed by atoms with van der Waals surface area (Å²) in [5, 5.41) is 0. The minimum absolute atomic E-state index is 0.964. The molecule has 2 heteroatoms. The van der Waals surface area contributed by atoms with Crippen LogP contribution in [0.15, 0.2) is 72.1 Å². The normalized spacial score (nSPS) is 11.9. The fourth-order valence-electron chi connectivity index (χ4n) is 1.57. The Morgan fingerprint density at radius 2 is 1.65 bits per heavy atom. The maximum absolute atomic E-state index is 4.49. The average molecular weight is 222 g/mol. The molecule has 0 atom stereocenters. The van der Waals surface area contributed by atoms with Gasteiger partial charge in [-0.05, 0) is 19.1 Å². The lowest BCUT2D eigenvalue weighted by atomic mass is 10.0. The molecule has 0 aliphatic rings. The largest absolute Gasteiger partial charge is 0.265 e. The van der Waals surface area contributed by atoms with Crippen LogP contribution in [0.25, 0.3) is 0 Å². The average Bonchev–Trinajstić information content (AvgIpc) is 2.42. The quantitative estimate of drug-likeness (QED) is 0.730. The molecule has 0 saturated carbocycles. The predicted molar refractivity (Wildman–Crippen MR) is 71.1 cm³/mol. The lowest BCUT2D eigenvalue weighted by Gasteiger charge is -2.05. The molecule has 0 bridgehead atoms. The monoisotopic (exact) mass is 222 g/mol. The van der Waals surface area contributed by atoms with Crippen LogP contribution in [0, 0.1) is 0 Å². The lowest BCUT2D eigenvalue weighted by Crippen LogP contribution is -2.02. The fraction of sp³-hybridized carbons (Fsp3) is 0.0667. The smallest absolute Gasteiger partial charge is 0.0775 e. The van der Waals surface area contributed by atoms with Gasteiger partial charge in [-0.1, -0.05) is 36.4 Å². The van der Waals surface area contributed by atoms with Crippen LogP contribution >= 0.6 is 0 Å². The second-order valence-corrected chi connectivity index (χ2v) is 3.56. The van der Waals surface area contributed by atoms with Gasteiger partial charge in [-0.3, -0.25) is 9.98 Å². The van der Waals surface area contributed by atoms with E-state index in [0.717, 1.165) is 16.8 Å². The van der Waals surface area contributed by atoms with E-state index in [2.05, 4.69) is 22.1 Å². The minimum Gasteiger partial charge on any atom is -0.265 e. The highest BCUT2D eigenvalue weighted by Gasteiger charge is 2.04. The van der Waals surface area contributed by atoms with Gasteiger partial charge in [-0.15, -0.1) is 0 Å². The number of allylic oxidation sites excluding steroid dienone is 1. The van der Waals surface area contributed by atoms with Crippen LogP contribution in [0.1, 0.15) is 18.1 Å². The fourth-order valence-corrected chi connectivity index (χ4v) is 1.57. The third-order valence-corrected chi connectivity index (χ3v) is 2.35. The van der Waals surface area contributed by atoms with E-state index in [-0.39, 0.29) is 0 Å². The lowest BCUT2D eigenvalue weighted by molar-refractivity contribution is 1.32. The van der Waals surface area contributed by atoms with Crippen LogP contribution < -0.4 is 0 Å². The van der Waals surface area contributed by atoms with Gasteiger partial charge in [0.15, 0.2) is 0 Å². The number of hydrogen-bond acceptors (Lipinski definition) is 2. The number of rotatable bonds is 3. The van der Waals surface area contributed by atoms with Crippen LogP contribution in [0.2, 0.25) is 0 Å². The Hall–Kier alpha value is -2.22. The standard InChI is InChI=1S/C15H14N2/c1-2-10-17-15(13-6-4-3-5-7-13)14-8-11-16-12-9-14/h2-12H,1H3. The molecule has 17 heavy (non-hydrogen) atoms. The summed E-state index contributed by atoms with van der Waals surface area (Å²) in [6.45, 7) is 1.96. The van der Waals surface area contributed by atoms with Gasteiger partial charge < -0.3 is 0 Å². The maximum Gasteiger partial charge on any atom is 0.0775 e. The van der Waals surface area contributed by atoms with Crippen LogP contribution in [0.3, 0.4) is 0 Å². The van der Waals surface area contributed by atoms with Crippen molar-refractivity contribution in [2.45, 2.75) is 6.92 Å². The maximum atomic E-state index is 4.49. The first-order chi connectivity index (χ1) is 8.42. The molecule has 2 aromatic rings. The van der Waals surface area contributed by atoms with Crippen molar-refractivity contribution in [2.75, 3.05) is 0 Å². The van der Waals surface area contributed by atoms with Crippen molar-refractivity contribution >= 4 is 5.71 Å². The first kappa shape index (κ1) is 11.3. The molecule has 1 aromatic heterocycles. The van der Waals surface area contributed by atoms with Gasteiger partial charge >= 0.3 is 0 Å². The van der Waals surface area contributed by atoms with Crippen LogP contribution in [-0.4, -0.2) is 10.7 Å². The Kier molecular flexibility index (Phi) is 3.81. The highest BCUT2D eigenvalue weighted by molar-refractivity contribution is 6.13. The third kappa shape index (κ3) is 2.88. The summed E-state index contributed by atoms with van der Waals surface area (Å²) in [6, 6.07) is 14.1. The van der Waals surface area contributed by atoms with E-state index < -0.39 is 0 Å². The number of nitrogens with zero attached hydrogens (tertiary/aromatic N) is 2. The second kappa shape index (κ2) is 5.75. The van der Waals surface area contributed by atoms with Crippen LogP contribution in [-0.2, 0) is 0 Å². The van der Waals surface area contributed by atoms with Gasteiger partial charge in [0.25, 0.3) is 0 Å². The second-order valence-electron chi connectivity index (χ2n) is 3.56. The zero-order valence-corrected chi connectivity index (χ0v) is 9.75. The molecule has 1 aromatic carbocycles. The summed E-state index contributed by atoms with van der Waals surface area (Å²) >= 11 is 0. The van der Waals surface area contributed by atoms with Gasteiger partial charge in [0.05, 0.1) is 5.71 Å². The predicted octanol–water partition coefficient (Wildman–Crippen LogP) is 3.45. The van der Waals surface area contributed by atoms with Crippen molar-refractivity contribution in [3.63, 3.8) is 0 Å². The van der Waals surface area contributed by atoms with Crippen molar-refractivity contribution in [1.82, 2.24) is 4.98 Å². The van der Waals surface area contributed by atoms with E-state index in [9.17, 15) is 0 Å². The molecule has 0 aliphatic heterocycles. The number of pyridine rings is 1. The number of hydrogen-bond donors (Lipinski definition) is 0. The Labute approximate surface area is 101 Å². The van der Waals surface area contributed by atoms with Gasteiger partial charge in [-0.2, -0.15) is 0 Å². The molecule has 0 N–H and O–H groups in total. The molecule has 0 fully saturated rings. The Bertz CT molecular complexity index is 472. The van der Waals surface area contributed by atoms with Crippen LogP contribution in [0.4, 0.5) is 0 Å². The summed E-state index contributed by atoms with van der Waals surface area (Å²) in [6.07, 6.45) is 7.29. The Morgan fingerprint density at radius 3 is 2.29 bits per heavy atom. The topological polar surface area (TPSA) is 25.2 Å². The van der Waals surface area contributed by atoms with E-state index in [1.54, 1.807) is 12.4 Å². The van der Waals surface area contributed by atoms with E-state index in [0.29, 0.717) is 0 Å². The first-order valence-corrected chi connectivity index (χ1v) is 5.56. The van der Waals surface area contributed by atoms with Gasteiger partial charge in [0.2, 0.25) is 0 Å². The van der Waals surface area contributed by atoms with Gasteiger partial charge in [-0.25, -0.2) is 0 Å². The minimum atomic E-state index is 0.964. The Balaban J connectivity index is 2.47. The van der Waals surface area contributed by atoms with Crippen molar-refractivity contribution in [3.8, 4) is 0 Å². The highest BCUT2D eigenvalue weighted by atomic mass is 14.7. The zero-order valence-electron chi connectivity index (χ0n) is 9.75. The first-order valence-electron chi connectivity index (χ1n) is 5.56. The summed E-state index contributed by atoms with van der Waals surface area (Å²) in [7, 11) is 0. The molecule has 0 radical (unpaired) electrons.